The number of rotatable bonds is 5. The van der Waals surface area contributed by atoms with Gasteiger partial charge in [0.05, 0.1) is 18.5 Å². The summed E-state index contributed by atoms with van der Waals surface area (Å²) in [4.78, 5) is 0. The zero-order chi connectivity index (χ0) is 17.9. The van der Waals surface area contributed by atoms with Gasteiger partial charge in [-0.05, 0) is 36.6 Å². The molecule has 0 N–H and O–H groups in total. The highest BCUT2D eigenvalue weighted by Gasteiger charge is 2.34. The highest BCUT2D eigenvalue weighted by molar-refractivity contribution is 7.88. The number of ether oxygens (including phenoxy) is 1. The SMILES string of the molecule is CC1COC(Cc2ccccc2)CN1S(=O)(=O)Cc1ccc(F)cc1. The summed E-state index contributed by atoms with van der Waals surface area (Å²) in [6, 6.07) is 15.3. The molecule has 2 aromatic carbocycles. The molecule has 1 saturated heterocycles. The molecule has 1 heterocycles. The fourth-order valence-corrected chi connectivity index (χ4v) is 4.84. The first-order valence-corrected chi connectivity index (χ1v) is 9.94. The quantitative estimate of drug-likeness (QED) is 0.820. The minimum absolute atomic E-state index is 0.129. The first-order chi connectivity index (χ1) is 11.9. The topological polar surface area (TPSA) is 46.6 Å². The van der Waals surface area contributed by atoms with Crippen LogP contribution in [-0.2, 0) is 26.9 Å². The van der Waals surface area contributed by atoms with Gasteiger partial charge in [-0.15, -0.1) is 0 Å². The van der Waals surface area contributed by atoms with Crippen molar-refractivity contribution in [2.75, 3.05) is 13.2 Å². The molecule has 0 radical (unpaired) electrons. The number of morpholine rings is 1. The molecule has 0 aliphatic carbocycles. The lowest BCUT2D eigenvalue weighted by atomic mass is 10.1. The monoisotopic (exact) mass is 363 g/mol. The summed E-state index contributed by atoms with van der Waals surface area (Å²) < 4.78 is 46.0. The van der Waals surface area contributed by atoms with E-state index in [2.05, 4.69) is 0 Å². The van der Waals surface area contributed by atoms with Gasteiger partial charge in [-0.1, -0.05) is 42.5 Å². The van der Waals surface area contributed by atoms with Crippen LogP contribution in [0, 0.1) is 5.82 Å². The van der Waals surface area contributed by atoms with E-state index in [1.165, 1.54) is 28.6 Å². The van der Waals surface area contributed by atoms with E-state index in [0.717, 1.165) is 5.56 Å². The van der Waals surface area contributed by atoms with Crippen LogP contribution in [0.4, 0.5) is 4.39 Å². The summed E-state index contributed by atoms with van der Waals surface area (Å²) >= 11 is 0. The zero-order valence-electron chi connectivity index (χ0n) is 14.1. The van der Waals surface area contributed by atoms with E-state index in [9.17, 15) is 12.8 Å². The Bertz CT molecular complexity index is 793. The van der Waals surface area contributed by atoms with Gasteiger partial charge in [0.1, 0.15) is 5.82 Å². The normalized spacial score (nSPS) is 22.0. The van der Waals surface area contributed by atoms with Crippen molar-refractivity contribution in [1.82, 2.24) is 4.31 Å². The molecule has 25 heavy (non-hydrogen) atoms. The molecular formula is C19H22FNO3S. The Morgan fingerprint density at radius 3 is 2.44 bits per heavy atom. The van der Waals surface area contributed by atoms with Crippen molar-refractivity contribution in [3.8, 4) is 0 Å². The van der Waals surface area contributed by atoms with Crippen molar-refractivity contribution in [2.24, 2.45) is 0 Å². The van der Waals surface area contributed by atoms with Gasteiger partial charge in [-0.3, -0.25) is 0 Å². The van der Waals surface area contributed by atoms with Crippen LogP contribution >= 0.6 is 0 Å². The lowest BCUT2D eigenvalue weighted by Crippen LogP contribution is -2.51. The van der Waals surface area contributed by atoms with Gasteiger partial charge in [-0.25, -0.2) is 12.8 Å². The Hall–Kier alpha value is -1.76. The van der Waals surface area contributed by atoms with E-state index in [1.54, 1.807) is 0 Å². The van der Waals surface area contributed by atoms with E-state index in [1.807, 2.05) is 37.3 Å². The summed E-state index contributed by atoms with van der Waals surface area (Å²) in [5, 5.41) is 0. The molecule has 1 aliphatic rings. The van der Waals surface area contributed by atoms with Crippen LogP contribution < -0.4 is 0 Å². The fraction of sp³-hybridized carbons (Fsp3) is 0.368. The van der Waals surface area contributed by atoms with Crippen LogP contribution in [0.1, 0.15) is 18.1 Å². The third-order valence-corrected chi connectivity index (χ3v) is 6.30. The first kappa shape index (κ1) is 18.0. The number of hydrogen-bond acceptors (Lipinski definition) is 3. The molecule has 2 aromatic rings. The van der Waals surface area contributed by atoms with Gasteiger partial charge in [-0.2, -0.15) is 4.31 Å². The van der Waals surface area contributed by atoms with E-state index >= 15 is 0 Å². The van der Waals surface area contributed by atoms with Gasteiger partial charge in [0.15, 0.2) is 0 Å². The molecule has 0 saturated carbocycles. The van der Waals surface area contributed by atoms with Gasteiger partial charge in [0, 0.05) is 12.6 Å². The lowest BCUT2D eigenvalue weighted by molar-refractivity contribution is -0.0265. The van der Waals surface area contributed by atoms with Crippen LogP contribution in [0.5, 0.6) is 0 Å². The molecule has 3 rings (SSSR count). The maximum atomic E-state index is 13.0. The maximum absolute atomic E-state index is 13.0. The minimum Gasteiger partial charge on any atom is -0.375 e. The minimum atomic E-state index is -3.49. The largest absolute Gasteiger partial charge is 0.375 e. The van der Waals surface area contributed by atoms with Gasteiger partial charge < -0.3 is 4.74 Å². The Morgan fingerprint density at radius 2 is 1.76 bits per heavy atom. The van der Waals surface area contributed by atoms with Crippen LogP contribution in [-0.4, -0.2) is 38.0 Å². The average molecular weight is 363 g/mol. The summed E-state index contributed by atoms with van der Waals surface area (Å²) in [6.07, 6.45) is 0.512. The van der Waals surface area contributed by atoms with E-state index < -0.39 is 10.0 Å². The van der Waals surface area contributed by atoms with Crippen molar-refractivity contribution >= 4 is 10.0 Å². The first-order valence-electron chi connectivity index (χ1n) is 8.33. The zero-order valence-corrected chi connectivity index (χ0v) is 15.0. The smallest absolute Gasteiger partial charge is 0.218 e. The summed E-state index contributed by atoms with van der Waals surface area (Å²) in [5.41, 5.74) is 1.71. The molecule has 2 unspecified atom stereocenters. The second-order valence-corrected chi connectivity index (χ2v) is 8.37. The van der Waals surface area contributed by atoms with Crippen molar-refractivity contribution in [3.63, 3.8) is 0 Å². The number of hydrogen-bond donors (Lipinski definition) is 0. The van der Waals surface area contributed by atoms with Gasteiger partial charge >= 0.3 is 0 Å². The fourth-order valence-electron chi connectivity index (χ4n) is 3.05. The molecule has 0 amide bonds. The molecule has 2 atom stereocenters. The van der Waals surface area contributed by atoms with Crippen LogP contribution in [0.15, 0.2) is 54.6 Å². The molecule has 1 aliphatic heterocycles. The van der Waals surface area contributed by atoms with Crippen LogP contribution in [0.25, 0.3) is 0 Å². The highest BCUT2D eigenvalue weighted by atomic mass is 32.2. The van der Waals surface area contributed by atoms with Gasteiger partial charge in [0.2, 0.25) is 10.0 Å². The Kier molecular flexibility index (Phi) is 5.51. The van der Waals surface area contributed by atoms with Crippen molar-refractivity contribution in [2.45, 2.75) is 31.2 Å². The van der Waals surface area contributed by atoms with Crippen molar-refractivity contribution < 1.29 is 17.5 Å². The molecule has 4 nitrogen and oxygen atoms in total. The third kappa shape index (κ3) is 4.66. The summed E-state index contributed by atoms with van der Waals surface area (Å²) in [7, 11) is -3.49. The Balaban J connectivity index is 1.71. The number of benzene rings is 2. The Morgan fingerprint density at radius 1 is 1.08 bits per heavy atom. The van der Waals surface area contributed by atoms with E-state index in [0.29, 0.717) is 25.1 Å². The number of nitrogens with zero attached hydrogens (tertiary/aromatic N) is 1. The van der Waals surface area contributed by atoms with E-state index in [-0.39, 0.29) is 23.7 Å². The summed E-state index contributed by atoms with van der Waals surface area (Å²) in [6.45, 7) is 2.56. The van der Waals surface area contributed by atoms with Crippen LogP contribution in [0.2, 0.25) is 0 Å². The molecule has 6 heteroatoms. The molecular weight excluding hydrogens is 341 g/mol. The molecule has 134 valence electrons. The third-order valence-electron chi connectivity index (χ3n) is 4.37. The predicted octanol–water partition coefficient (Wildman–Crippen LogP) is 2.99. The molecule has 1 fully saturated rings. The number of sulfonamides is 1. The summed E-state index contributed by atoms with van der Waals surface area (Å²) in [5.74, 6) is -0.501. The average Bonchev–Trinajstić information content (AvgIpc) is 2.59. The predicted molar refractivity (Wildman–Crippen MR) is 95.1 cm³/mol. The standard InChI is InChI=1S/C19H22FNO3S/c1-15-13-24-19(11-16-5-3-2-4-6-16)12-21(15)25(22,23)14-17-7-9-18(20)10-8-17/h2-10,15,19H,11-14H2,1H3. The van der Waals surface area contributed by atoms with Crippen LogP contribution in [0.3, 0.4) is 0 Å². The van der Waals surface area contributed by atoms with Gasteiger partial charge in [0.25, 0.3) is 0 Å². The highest BCUT2D eigenvalue weighted by Crippen LogP contribution is 2.21. The van der Waals surface area contributed by atoms with Crippen molar-refractivity contribution in [1.29, 1.82) is 0 Å². The number of halogens is 1. The second kappa shape index (κ2) is 7.64. The molecule has 0 bridgehead atoms. The Labute approximate surface area is 148 Å². The second-order valence-electron chi connectivity index (χ2n) is 6.45. The maximum Gasteiger partial charge on any atom is 0.218 e. The molecule has 0 aromatic heterocycles. The van der Waals surface area contributed by atoms with Crippen molar-refractivity contribution in [3.05, 3.63) is 71.5 Å². The lowest BCUT2D eigenvalue weighted by Gasteiger charge is -2.37. The van der Waals surface area contributed by atoms with E-state index in [4.69, 9.17) is 4.74 Å². The molecule has 0 spiro atoms.